The predicted molar refractivity (Wildman–Crippen MR) is 107 cm³/mol. The summed E-state index contributed by atoms with van der Waals surface area (Å²) in [5.74, 6) is 1.02. The zero-order valence-electron chi connectivity index (χ0n) is 17.2. The largest absolute Gasteiger partial charge is 0.450 e. The van der Waals surface area contributed by atoms with E-state index in [0.717, 1.165) is 25.3 Å². The molecule has 0 aliphatic heterocycles. The second-order valence-electron chi connectivity index (χ2n) is 8.06. The first kappa shape index (κ1) is 21.2. The normalized spacial score (nSPS) is 12.8. The minimum atomic E-state index is -0.173. The Bertz CT molecular complexity index is 714. The molecule has 0 radical (unpaired) electrons. The van der Waals surface area contributed by atoms with E-state index < -0.39 is 0 Å². The topological polar surface area (TPSA) is 55.9 Å². The molecule has 1 aromatic carbocycles. The molecule has 0 spiro atoms. The molecule has 1 amide bonds. The highest BCUT2D eigenvalue weighted by Crippen LogP contribution is 2.09. The maximum Gasteiger partial charge on any atom is 0.287 e. The minimum absolute atomic E-state index is 0.0558. The van der Waals surface area contributed by atoms with E-state index in [0.29, 0.717) is 18.9 Å². The Hall–Kier alpha value is -2.11. The van der Waals surface area contributed by atoms with Crippen LogP contribution in [0.1, 0.15) is 54.6 Å². The highest BCUT2D eigenvalue weighted by atomic mass is 16.5. The fraction of sp³-hybridized carbons (Fsp3) is 0.500. The van der Waals surface area contributed by atoms with Gasteiger partial charge >= 0.3 is 0 Å². The number of amides is 1. The van der Waals surface area contributed by atoms with Crippen molar-refractivity contribution in [1.29, 1.82) is 0 Å². The Morgan fingerprint density at radius 1 is 1.11 bits per heavy atom. The van der Waals surface area contributed by atoms with Gasteiger partial charge in [-0.3, -0.25) is 4.79 Å². The smallest absolute Gasteiger partial charge is 0.287 e. The van der Waals surface area contributed by atoms with E-state index in [1.165, 1.54) is 16.0 Å². The van der Waals surface area contributed by atoms with Crippen molar-refractivity contribution in [2.45, 2.75) is 52.7 Å². The zero-order chi connectivity index (χ0) is 19.9. The highest BCUT2D eigenvalue weighted by Gasteiger charge is 2.27. The van der Waals surface area contributed by atoms with Gasteiger partial charge in [-0.25, -0.2) is 0 Å². The first-order chi connectivity index (χ1) is 12.8. The van der Waals surface area contributed by atoms with Crippen LogP contribution in [0.5, 0.6) is 0 Å². The van der Waals surface area contributed by atoms with Crippen LogP contribution in [-0.4, -0.2) is 31.7 Å². The van der Waals surface area contributed by atoms with Gasteiger partial charge < -0.3 is 19.4 Å². The first-order valence-corrected chi connectivity index (χ1v) is 9.56. The van der Waals surface area contributed by atoms with Gasteiger partial charge in [0.15, 0.2) is 11.5 Å². The van der Waals surface area contributed by atoms with Crippen LogP contribution in [0.3, 0.4) is 0 Å². The van der Waals surface area contributed by atoms with Crippen LogP contribution in [-0.2, 0) is 17.8 Å². The van der Waals surface area contributed by atoms with Crippen molar-refractivity contribution in [3.05, 3.63) is 59.0 Å². The molecular weight excluding hydrogens is 340 g/mol. The van der Waals surface area contributed by atoms with Gasteiger partial charge in [-0.05, 0) is 46.2 Å². The van der Waals surface area contributed by atoms with E-state index in [9.17, 15) is 4.79 Å². The lowest BCUT2D eigenvalue weighted by molar-refractivity contribution is -0.973. The van der Waals surface area contributed by atoms with Crippen molar-refractivity contribution in [3.8, 4) is 0 Å². The second-order valence-corrected chi connectivity index (χ2v) is 8.06. The molecule has 0 fully saturated rings. The van der Waals surface area contributed by atoms with Crippen LogP contribution >= 0.6 is 0 Å². The summed E-state index contributed by atoms with van der Waals surface area (Å²) in [4.78, 5) is 13.6. The van der Waals surface area contributed by atoms with Gasteiger partial charge in [-0.15, -0.1) is 0 Å². The van der Waals surface area contributed by atoms with Crippen LogP contribution in [0.25, 0.3) is 0 Å². The standard InChI is InChI=1S/C22H32N2O3/c1-17-7-9-18(10-8-17)15-24(22(2,3)4)16-19-11-12-20(27-19)21(25)23-13-6-14-26-5/h7-12H,6,13-16H2,1-5H3,(H,23,25)/p+1. The molecule has 1 unspecified atom stereocenters. The fourth-order valence-corrected chi connectivity index (χ4v) is 2.86. The first-order valence-electron chi connectivity index (χ1n) is 9.56. The summed E-state index contributed by atoms with van der Waals surface area (Å²) in [6.07, 6.45) is 0.786. The lowest BCUT2D eigenvalue weighted by atomic mass is 10.0. The maximum atomic E-state index is 12.2. The predicted octanol–water partition coefficient (Wildman–Crippen LogP) is 2.74. The molecule has 0 bridgehead atoms. The summed E-state index contributed by atoms with van der Waals surface area (Å²) in [5, 5.41) is 2.86. The Morgan fingerprint density at radius 3 is 2.44 bits per heavy atom. The van der Waals surface area contributed by atoms with Gasteiger partial charge in [0.25, 0.3) is 5.91 Å². The Balaban J connectivity index is 2.00. The number of hydrogen-bond donors (Lipinski definition) is 2. The molecule has 1 atom stereocenters. The molecule has 2 rings (SSSR count). The molecule has 2 aromatic rings. The molecule has 5 nitrogen and oxygen atoms in total. The minimum Gasteiger partial charge on any atom is -0.450 e. The number of carbonyl (C=O) groups excluding carboxylic acids is 1. The van der Waals surface area contributed by atoms with Gasteiger partial charge in [0.2, 0.25) is 0 Å². The number of aryl methyl sites for hydroxylation is 1. The molecular formula is C22H33N2O3+. The van der Waals surface area contributed by atoms with Crippen LogP contribution < -0.4 is 10.2 Å². The Kier molecular flexibility index (Phi) is 7.63. The van der Waals surface area contributed by atoms with Gasteiger partial charge in [-0.2, -0.15) is 0 Å². The number of nitrogens with one attached hydrogen (secondary N) is 2. The van der Waals surface area contributed by atoms with Crippen molar-refractivity contribution in [3.63, 3.8) is 0 Å². The number of furan rings is 1. The van der Waals surface area contributed by atoms with E-state index in [1.54, 1.807) is 13.2 Å². The lowest BCUT2D eigenvalue weighted by Crippen LogP contribution is -3.16. The summed E-state index contributed by atoms with van der Waals surface area (Å²) in [6, 6.07) is 12.3. The van der Waals surface area contributed by atoms with Crippen molar-refractivity contribution >= 4 is 5.91 Å². The SMILES string of the molecule is COCCCNC(=O)c1ccc(C[NH+](Cc2ccc(C)cc2)C(C)(C)C)o1. The average Bonchev–Trinajstić information content (AvgIpc) is 3.08. The van der Waals surface area contributed by atoms with Crippen LogP contribution in [0, 0.1) is 6.92 Å². The van der Waals surface area contributed by atoms with E-state index in [4.69, 9.17) is 9.15 Å². The van der Waals surface area contributed by atoms with Gasteiger partial charge in [0.05, 0.1) is 5.54 Å². The van der Waals surface area contributed by atoms with Crippen molar-refractivity contribution in [1.82, 2.24) is 5.32 Å². The van der Waals surface area contributed by atoms with E-state index in [2.05, 4.69) is 57.3 Å². The van der Waals surface area contributed by atoms with Crippen molar-refractivity contribution in [2.24, 2.45) is 0 Å². The third kappa shape index (κ3) is 6.85. The molecule has 27 heavy (non-hydrogen) atoms. The quantitative estimate of drug-likeness (QED) is 0.665. The summed E-state index contributed by atoms with van der Waals surface area (Å²) < 4.78 is 10.8. The maximum absolute atomic E-state index is 12.2. The number of quaternary nitrogens is 1. The third-order valence-electron chi connectivity index (χ3n) is 4.68. The van der Waals surface area contributed by atoms with E-state index >= 15 is 0 Å². The monoisotopic (exact) mass is 373 g/mol. The van der Waals surface area contributed by atoms with Crippen LogP contribution in [0.4, 0.5) is 0 Å². The number of benzene rings is 1. The molecule has 0 saturated heterocycles. The molecule has 148 valence electrons. The average molecular weight is 374 g/mol. The number of rotatable bonds is 9. The molecule has 0 saturated carbocycles. The van der Waals surface area contributed by atoms with E-state index in [-0.39, 0.29) is 11.4 Å². The van der Waals surface area contributed by atoms with Gasteiger partial charge in [-0.1, -0.05) is 29.8 Å². The number of carbonyl (C=O) groups is 1. The second kappa shape index (κ2) is 9.72. The van der Waals surface area contributed by atoms with Crippen molar-refractivity contribution in [2.75, 3.05) is 20.3 Å². The molecule has 2 N–H and O–H groups in total. The van der Waals surface area contributed by atoms with Gasteiger partial charge in [0, 0.05) is 25.8 Å². The summed E-state index contributed by atoms with van der Waals surface area (Å²) >= 11 is 0. The molecule has 1 heterocycles. The lowest BCUT2D eigenvalue weighted by Gasteiger charge is -2.31. The summed E-state index contributed by atoms with van der Waals surface area (Å²) in [7, 11) is 1.65. The zero-order valence-corrected chi connectivity index (χ0v) is 17.2. The number of methoxy groups -OCH3 is 1. The molecule has 0 aliphatic carbocycles. The molecule has 5 heteroatoms. The summed E-state index contributed by atoms with van der Waals surface area (Å²) in [5.41, 5.74) is 2.62. The summed E-state index contributed by atoms with van der Waals surface area (Å²) in [6.45, 7) is 11.6. The van der Waals surface area contributed by atoms with Crippen molar-refractivity contribution < 1.29 is 18.8 Å². The van der Waals surface area contributed by atoms with E-state index in [1.807, 2.05) is 6.07 Å². The fourth-order valence-electron chi connectivity index (χ4n) is 2.86. The van der Waals surface area contributed by atoms with Gasteiger partial charge in [0.1, 0.15) is 13.1 Å². The van der Waals surface area contributed by atoms with Crippen LogP contribution in [0.15, 0.2) is 40.8 Å². The number of ether oxygens (including phenoxy) is 1. The number of hydrogen-bond acceptors (Lipinski definition) is 3. The van der Waals surface area contributed by atoms with Crippen LogP contribution in [0.2, 0.25) is 0 Å². The Labute approximate surface area is 162 Å². The third-order valence-corrected chi connectivity index (χ3v) is 4.68. The molecule has 1 aromatic heterocycles. The Morgan fingerprint density at radius 2 is 1.81 bits per heavy atom. The molecule has 0 aliphatic rings. The highest BCUT2D eigenvalue weighted by molar-refractivity contribution is 5.91.